The number of nitrogens with one attached hydrogen (secondary N) is 1. The molecule has 0 fully saturated rings. The summed E-state index contributed by atoms with van der Waals surface area (Å²) in [5, 5.41) is 10.9. The van der Waals surface area contributed by atoms with Gasteiger partial charge in [0, 0.05) is 6.42 Å². The molecular weight excluding hydrogens is 392 g/mol. The first-order valence-electron chi connectivity index (χ1n) is 10.4. The second-order valence-electron chi connectivity index (χ2n) is 8.09. The molecule has 0 bridgehead atoms. The van der Waals surface area contributed by atoms with E-state index in [0.717, 1.165) is 24.0 Å². The van der Waals surface area contributed by atoms with Gasteiger partial charge in [-0.15, -0.1) is 0 Å². The van der Waals surface area contributed by atoms with Gasteiger partial charge in [0.25, 0.3) is 5.56 Å². The van der Waals surface area contributed by atoms with Crippen LogP contribution in [-0.2, 0) is 19.4 Å². The molecule has 2 aromatic rings. The third-order valence-corrected chi connectivity index (χ3v) is 5.71. The average molecular weight is 414 g/mol. The van der Waals surface area contributed by atoms with Gasteiger partial charge in [-0.25, -0.2) is 9.78 Å². The molecule has 7 nitrogen and oxygen atoms in total. The number of H-pyrrole nitrogens is 1. The van der Waals surface area contributed by atoms with Crippen molar-refractivity contribution in [2.75, 3.05) is 0 Å². The topological polar surface area (TPSA) is 101 Å². The molecule has 0 saturated heterocycles. The number of fused-ring (bicyclic) bond motifs is 3. The Labute approximate surface area is 178 Å². The summed E-state index contributed by atoms with van der Waals surface area (Å²) in [4.78, 5) is 34.8. The van der Waals surface area contributed by atoms with Gasteiger partial charge in [-0.2, -0.15) is 4.98 Å². The second kappa shape index (κ2) is 7.59. The number of aryl methyl sites for hydroxylation is 2. The fraction of sp³-hybridized carbons (Fsp3) is 0.250. The fourth-order valence-corrected chi connectivity index (χ4v) is 4.26. The van der Waals surface area contributed by atoms with Crippen LogP contribution in [0.3, 0.4) is 0 Å². The van der Waals surface area contributed by atoms with E-state index in [0.29, 0.717) is 17.5 Å². The Morgan fingerprint density at radius 1 is 1.16 bits per heavy atom. The van der Waals surface area contributed by atoms with Crippen LogP contribution in [0.2, 0.25) is 0 Å². The van der Waals surface area contributed by atoms with Gasteiger partial charge < -0.3 is 9.67 Å². The van der Waals surface area contributed by atoms with Gasteiger partial charge in [0.2, 0.25) is 0 Å². The fourth-order valence-electron chi connectivity index (χ4n) is 4.26. The van der Waals surface area contributed by atoms with E-state index in [9.17, 15) is 14.7 Å². The lowest BCUT2D eigenvalue weighted by atomic mass is 9.94. The van der Waals surface area contributed by atoms with Crippen molar-refractivity contribution >= 4 is 17.1 Å². The highest BCUT2D eigenvalue weighted by Crippen LogP contribution is 2.24. The van der Waals surface area contributed by atoms with Gasteiger partial charge in [0.1, 0.15) is 0 Å². The summed E-state index contributed by atoms with van der Waals surface area (Å²) >= 11 is 0. The number of aromatic nitrogens is 4. The normalized spacial score (nSPS) is 14.1. The quantitative estimate of drug-likeness (QED) is 0.500. The van der Waals surface area contributed by atoms with Crippen LogP contribution in [0.15, 0.2) is 52.1 Å². The number of aromatic amines is 1. The predicted molar refractivity (Wildman–Crippen MR) is 119 cm³/mol. The molecule has 1 atom stereocenters. The number of hydrogen-bond donors (Lipinski definition) is 2. The van der Waals surface area contributed by atoms with Crippen LogP contribution in [0.5, 0.6) is 0 Å². The molecule has 0 spiro atoms. The minimum atomic E-state index is -0.728. The van der Waals surface area contributed by atoms with Gasteiger partial charge >= 0.3 is 5.69 Å². The molecule has 156 valence electrons. The maximum absolute atomic E-state index is 12.4. The zero-order valence-corrected chi connectivity index (χ0v) is 17.1. The molecule has 0 amide bonds. The minimum Gasteiger partial charge on any atom is -0.391 e. The van der Waals surface area contributed by atoms with Crippen LogP contribution in [0.1, 0.15) is 28.7 Å². The molecule has 2 heterocycles. The average Bonchev–Trinajstić information content (AvgIpc) is 2.74. The lowest BCUT2D eigenvalue weighted by Crippen LogP contribution is -2.30. The Morgan fingerprint density at radius 3 is 2.90 bits per heavy atom. The molecular formula is C24H22N4O3. The number of hydrogen-bond acceptors (Lipinski definition) is 5. The third kappa shape index (κ3) is 3.68. The number of aliphatic hydroxyl groups excluding tert-OH is 1. The molecule has 2 aromatic carbocycles. The van der Waals surface area contributed by atoms with Crippen molar-refractivity contribution in [3.05, 3.63) is 85.6 Å². The number of benzene rings is 2. The molecule has 5 rings (SSSR count). The first-order chi connectivity index (χ1) is 15.0. The highest BCUT2D eigenvalue weighted by atomic mass is 16.3. The Morgan fingerprint density at radius 2 is 2.03 bits per heavy atom. The highest BCUT2D eigenvalue weighted by molar-refractivity contribution is 5.80. The molecule has 7 heteroatoms. The summed E-state index contributed by atoms with van der Waals surface area (Å²) in [6.07, 6.45) is 6.07. The number of allylic oxidation sites excluding steroid dienone is 1. The predicted octanol–water partition coefficient (Wildman–Crippen LogP) is 2.46. The van der Waals surface area contributed by atoms with E-state index >= 15 is 0 Å². The van der Waals surface area contributed by atoms with Gasteiger partial charge in [-0.05, 0) is 54.2 Å². The lowest BCUT2D eigenvalue weighted by molar-refractivity contribution is 0.155. The van der Waals surface area contributed by atoms with Crippen LogP contribution in [-0.4, -0.2) is 30.7 Å². The molecule has 2 aliphatic heterocycles. The molecule has 1 aliphatic carbocycles. The Kier molecular flexibility index (Phi) is 4.75. The zero-order valence-electron chi connectivity index (χ0n) is 17.1. The monoisotopic (exact) mass is 414 g/mol. The zero-order chi connectivity index (χ0) is 21.5. The highest BCUT2D eigenvalue weighted by Gasteiger charge is 2.21. The summed E-state index contributed by atoms with van der Waals surface area (Å²) in [6, 6.07) is 12.0. The van der Waals surface area contributed by atoms with Gasteiger partial charge in [-0.1, -0.05) is 36.4 Å². The summed E-state index contributed by atoms with van der Waals surface area (Å²) < 4.78 is 1.72. The van der Waals surface area contributed by atoms with Crippen molar-refractivity contribution in [2.45, 2.75) is 38.8 Å². The smallest absolute Gasteiger partial charge is 0.349 e. The summed E-state index contributed by atoms with van der Waals surface area (Å²) in [7, 11) is 0. The van der Waals surface area contributed by atoms with Gasteiger partial charge in [0.05, 0.1) is 23.7 Å². The Bertz CT molecular complexity index is 1420. The second-order valence-corrected chi connectivity index (χ2v) is 8.09. The summed E-state index contributed by atoms with van der Waals surface area (Å²) in [6.45, 7) is 2.13. The van der Waals surface area contributed by atoms with Crippen LogP contribution >= 0.6 is 0 Å². The molecule has 0 aromatic heterocycles. The maximum atomic E-state index is 12.4. The van der Waals surface area contributed by atoms with Crippen molar-refractivity contribution in [2.24, 2.45) is 0 Å². The van der Waals surface area contributed by atoms with Crippen molar-refractivity contribution in [1.29, 1.82) is 0 Å². The van der Waals surface area contributed by atoms with E-state index in [4.69, 9.17) is 0 Å². The van der Waals surface area contributed by atoms with Crippen molar-refractivity contribution in [3.63, 3.8) is 0 Å². The third-order valence-electron chi connectivity index (χ3n) is 5.71. The maximum Gasteiger partial charge on any atom is 0.349 e. The van der Waals surface area contributed by atoms with Crippen molar-refractivity contribution < 1.29 is 5.11 Å². The molecule has 31 heavy (non-hydrogen) atoms. The van der Waals surface area contributed by atoms with Crippen LogP contribution < -0.4 is 11.2 Å². The number of aliphatic hydroxyl groups is 1. The van der Waals surface area contributed by atoms with Crippen molar-refractivity contribution in [3.8, 4) is 11.5 Å². The molecule has 0 radical (unpaired) electrons. The lowest BCUT2D eigenvalue weighted by Gasteiger charge is -2.20. The first kappa shape index (κ1) is 19.4. The van der Waals surface area contributed by atoms with E-state index in [2.05, 4.69) is 39.2 Å². The van der Waals surface area contributed by atoms with Gasteiger partial charge in [-0.3, -0.25) is 9.78 Å². The van der Waals surface area contributed by atoms with E-state index in [-0.39, 0.29) is 18.1 Å². The molecule has 0 saturated carbocycles. The van der Waals surface area contributed by atoms with Crippen LogP contribution in [0.25, 0.3) is 28.6 Å². The van der Waals surface area contributed by atoms with E-state index in [1.54, 1.807) is 4.57 Å². The molecule has 1 unspecified atom stereocenters. The SMILES string of the molecule is Cc1ccc2c(c1)nc1c(=O)[nH]c(=O)nc-1n2CC(O)Cc1ccc2c(c1)CCC=C2. The van der Waals surface area contributed by atoms with E-state index in [1.807, 2.05) is 31.2 Å². The first-order valence-corrected chi connectivity index (χ1v) is 10.4. The van der Waals surface area contributed by atoms with Crippen LogP contribution in [0.4, 0.5) is 0 Å². The van der Waals surface area contributed by atoms with Crippen molar-refractivity contribution in [1.82, 2.24) is 19.5 Å². The molecule has 3 aliphatic rings. The largest absolute Gasteiger partial charge is 0.391 e. The summed E-state index contributed by atoms with van der Waals surface area (Å²) in [5.74, 6) is 0.180. The Balaban J connectivity index is 1.55. The Hall–Kier alpha value is -3.58. The van der Waals surface area contributed by atoms with E-state index < -0.39 is 17.4 Å². The standard InChI is InChI=1S/C24H22N4O3/c1-14-6-9-20-19(10-14)25-21-22(26-24(31)27-23(21)30)28(20)13-18(29)12-15-7-8-16-4-2-3-5-17(16)11-15/h2,4,6-11,18,29H,3,5,12-13H2,1H3,(H,27,30,31). The van der Waals surface area contributed by atoms with E-state index in [1.165, 1.54) is 11.1 Å². The van der Waals surface area contributed by atoms with Gasteiger partial charge in [0.15, 0.2) is 11.5 Å². The molecule has 2 N–H and O–H groups in total. The number of nitrogens with zero attached hydrogens (tertiary/aromatic N) is 3. The number of rotatable bonds is 4. The summed E-state index contributed by atoms with van der Waals surface area (Å²) in [5.41, 5.74) is 4.68. The van der Waals surface area contributed by atoms with Crippen LogP contribution in [0, 0.1) is 6.92 Å². The minimum absolute atomic E-state index is 0.0884.